The minimum Gasteiger partial charge on any atom is -0.496 e. The van der Waals surface area contributed by atoms with Crippen LogP contribution < -0.4 is 4.74 Å². The van der Waals surface area contributed by atoms with Crippen LogP contribution in [-0.2, 0) is 4.79 Å². The Morgan fingerprint density at radius 1 is 1.17 bits per heavy atom. The first kappa shape index (κ1) is 19.4. The molecule has 2 heterocycles. The van der Waals surface area contributed by atoms with Gasteiger partial charge in [-0.15, -0.1) is 11.3 Å². The Kier molecular flexibility index (Phi) is 6.06. The molecule has 1 atom stereocenters. The van der Waals surface area contributed by atoms with Crippen molar-refractivity contribution in [1.82, 2.24) is 9.88 Å². The molecule has 1 saturated heterocycles. The van der Waals surface area contributed by atoms with Gasteiger partial charge < -0.3 is 9.64 Å². The third-order valence-electron chi connectivity index (χ3n) is 5.26. The minimum absolute atomic E-state index is 0.0587. The number of methoxy groups -OCH3 is 1. The van der Waals surface area contributed by atoms with Crippen LogP contribution in [0.4, 0.5) is 0 Å². The summed E-state index contributed by atoms with van der Waals surface area (Å²) >= 11 is 1.68. The number of para-hydroxylation sites is 1. The molecule has 0 radical (unpaired) electrons. The molecule has 1 unspecified atom stereocenters. The molecule has 3 aromatic rings. The molecule has 148 valence electrons. The Balaban J connectivity index is 1.68. The average Bonchev–Trinajstić information content (AvgIpc) is 3.33. The number of benzene rings is 2. The van der Waals surface area contributed by atoms with Gasteiger partial charge in [-0.25, -0.2) is 4.98 Å². The van der Waals surface area contributed by atoms with Gasteiger partial charge in [0.15, 0.2) is 0 Å². The van der Waals surface area contributed by atoms with Crippen molar-refractivity contribution in [3.05, 3.63) is 82.3 Å². The number of thiazole rings is 1. The molecule has 0 spiro atoms. The summed E-state index contributed by atoms with van der Waals surface area (Å²) in [6.45, 7) is 1.49. The van der Waals surface area contributed by atoms with Gasteiger partial charge in [0.2, 0.25) is 0 Å². The van der Waals surface area contributed by atoms with E-state index in [0.29, 0.717) is 18.0 Å². The molecule has 4 rings (SSSR count). The standard InChI is InChI=1S/C24H24N2O2S/c1-28-22-12-6-5-10-19(22)16-21(18-8-3-2-4-9-18)24(27)26-14-7-11-20(17-26)23-25-13-15-29-23/h2-6,8-10,12-13,15-16,20H,7,11,14,17H2,1H3/b21-16+. The molecule has 0 bridgehead atoms. The van der Waals surface area contributed by atoms with Crippen molar-refractivity contribution in [2.24, 2.45) is 0 Å². The van der Waals surface area contributed by atoms with Crippen LogP contribution in [0.3, 0.4) is 0 Å². The van der Waals surface area contributed by atoms with Crippen molar-refractivity contribution in [2.45, 2.75) is 18.8 Å². The van der Waals surface area contributed by atoms with Crippen molar-refractivity contribution in [3.8, 4) is 5.75 Å². The summed E-state index contributed by atoms with van der Waals surface area (Å²) in [5.74, 6) is 1.13. The zero-order valence-corrected chi connectivity index (χ0v) is 17.3. The van der Waals surface area contributed by atoms with Crippen LogP contribution in [0.25, 0.3) is 11.6 Å². The topological polar surface area (TPSA) is 42.4 Å². The number of ether oxygens (including phenoxy) is 1. The van der Waals surface area contributed by atoms with Crippen LogP contribution in [0, 0.1) is 0 Å². The number of aromatic nitrogens is 1. The zero-order chi connectivity index (χ0) is 20.1. The highest BCUT2D eigenvalue weighted by Crippen LogP contribution is 2.31. The van der Waals surface area contributed by atoms with E-state index >= 15 is 0 Å². The number of carbonyl (C=O) groups excluding carboxylic acids is 1. The first-order valence-corrected chi connectivity index (χ1v) is 10.7. The monoisotopic (exact) mass is 404 g/mol. The Morgan fingerprint density at radius 3 is 2.72 bits per heavy atom. The SMILES string of the molecule is COc1ccccc1/C=C(/C(=O)N1CCCC(c2nccs2)C1)c1ccccc1. The predicted molar refractivity (Wildman–Crippen MR) is 118 cm³/mol. The average molecular weight is 405 g/mol. The van der Waals surface area contributed by atoms with E-state index in [4.69, 9.17) is 4.74 Å². The van der Waals surface area contributed by atoms with Gasteiger partial charge in [-0.05, 0) is 30.5 Å². The fraction of sp³-hybridized carbons (Fsp3) is 0.250. The van der Waals surface area contributed by atoms with Gasteiger partial charge in [-0.2, -0.15) is 0 Å². The Hall–Kier alpha value is -2.92. The molecule has 0 N–H and O–H groups in total. The van der Waals surface area contributed by atoms with Crippen molar-refractivity contribution < 1.29 is 9.53 Å². The number of hydrogen-bond acceptors (Lipinski definition) is 4. The Morgan fingerprint density at radius 2 is 1.97 bits per heavy atom. The summed E-state index contributed by atoms with van der Waals surface area (Å²) in [6.07, 6.45) is 5.86. The first-order chi connectivity index (χ1) is 14.3. The largest absolute Gasteiger partial charge is 0.496 e. The molecule has 1 aromatic heterocycles. The van der Waals surface area contributed by atoms with Crippen molar-refractivity contribution in [1.29, 1.82) is 0 Å². The fourth-order valence-corrected chi connectivity index (χ4v) is 4.56. The number of nitrogens with zero attached hydrogens (tertiary/aromatic N) is 2. The Labute approximate surface area is 175 Å². The van der Waals surface area contributed by atoms with Crippen LogP contribution in [0.1, 0.15) is 34.9 Å². The van der Waals surface area contributed by atoms with E-state index in [0.717, 1.165) is 41.3 Å². The second-order valence-electron chi connectivity index (χ2n) is 7.13. The summed E-state index contributed by atoms with van der Waals surface area (Å²) in [5.41, 5.74) is 2.50. The molecule has 1 aliphatic rings. The molecular weight excluding hydrogens is 380 g/mol. The van der Waals surface area contributed by atoms with E-state index in [2.05, 4.69) is 4.98 Å². The van der Waals surface area contributed by atoms with Crippen molar-refractivity contribution >= 4 is 28.9 Å². The maximum absolute atomic E-state index is 13.6. The van der Waals surface area contributed by atoms with Crippen molar-refractivity contribution in [2.75, 3.05) is 20.2 Å². The number of piperidine rings is 1. The molecule has 4 nitrogen and oxygen atoms in total. The number of rotatable bonds is 5. The van der Waals surface area contributed by atoms with Crippen LogP contribution in [0.2, 0.25) is 0 Å². The number of likely N-dealkylation sites (tertiary alicyclic amines) is 1. The number of carbonyl (C=O) groups is 1. The lowest BCUT2D eigenvalue weighted by atomic mass is 9.96. The lowest BCUT2D eigenvalue weighted by Gasteiger charge is -2.32. The molecule has 5 heteroatoms. The van der Waals surface area contributed by atoms with Gasteiger partial charge in [0, 0.05) is 41.7 Å². The van der Waals surface area contributed by atoms with Gasteiger partial charge in [0.25, 0.3) is 5.91 Å². The van der Waals surface area contributed by atoms with Crippen molar-refractivity contribution in [3.63, 3.8) is 0 Å². The van der Waals surface area contributed by atoms with E-state index in [9.17, 15) is 4.79 Å². The summed E-state index contributed by atoms with van der Waals surface area (Å²) in [5, 5.41) is 3.13. The molecule has 1 amide bonds. The first-order valence-electron chi connectivity index (χ1n) is 9.85. The zero-order valence-electron chi connectivity index (χ0n) is 16.5. The van der Waals surface area contributed by atoms with E-state index in [-0.39, 0.29) is 5.91 Å². The lowest BCUT2D eigenvalue weighted by Crippen LogP contribution is -2.39. The third-order valence-corrected chi connectivity index (χ3v) is 6.20. The molecule has 2 aromatic carbocycles. The van der Waals surface area contributed by atoms with Gasteiger partial charge in [0.1, 0.15) is 5.75 Å². The molecular formula is C24H24N2O2S. The normalized spacial score (nSPS) is 17.2. The Bertz CT molecular complexity index is 983. The van der Waals surface area contributed by atoms with E-state index in [1.165, 1.54) is 0 Å². The van der Waals surface area contributed by atoms with Crippen LogP contribution in [0.15, 0.2) is 66.2 Å². The summed E-state index contributed by atoms with van der Waals surface area (Å²) in [4.78, 5) is 20.1. The minimum atomic E-state index is 0.0587. The second kappa shape index (κ2) is 9.05. The smallest absolute Gasteiger partial charge is 0.254 e. The molecule has 1 aliphatic heterocycles. The number of hydrogen-bond donors (Lipinski definition) is 0. The highest BCUT2D eigenvalue weighted by Gasteiger charge is 2.28. The predicted octanol–water partition coefficient (Wildman–Crippen LogP) is 5.10. The molecule has 0 aliphatic carbocycles. The highest BCUT2D eigenvalue weighted by atomic mass is 32.1. The molecule has 29 heavy (non-hydrogen) atoms. The van der Waals surface area contributed by atoms with Crippen LogP contribution in [-0.4, -0.2) is 36.0 Å². The van der Waals surface area contributed by atoms with E-state index in [1.54, 1.807) is 18.4 Å². The summed E-state index contributed by atoms with van der Waals surface area (Å²) in [7, 11) is 1.65. The lowest BCUT2D eigenvalue weighted by molar-refractivity contribution is -0.126. The van der Waals surface area contributed by atoms with Crippen LogP contribution in [0.5, 0.6) is 5.75 Å². The molecule has 1 fully saturated rings. The van der Waals surface area contributed by atoms with E-state index in [1.807, 2.05) is 77.2 Å². The summed E-state index contributed by atoms with van der Waals surface area (Å²) < 4.78 is 5.50. The maximum atomic E-state index is 13.6. The molecule has 0 saturated carbocycles. The van der Waals surface area contributed by atoms with Gasteiger partial charge in [-0.3, -0.25) is 4.79 Å². The third kappa shape index (κ3) is 4.40. The maximum Gasteiger partial charge on any atom is 0.254 e. The van der Waals surface area contributed by atoms with Gasteiger partial charge in [-0.1, -0.05) is 48.5 Å². The van der Waals surface area contributed by atoms with Gasteiger partial charge in [0.05, 0.1) is 12.1 Å². The number of amides is 1. The fourth-order valence-electron chi connectivity index (χ4n) is 3.80. The van der Waals surface area contributed by atoms with Gasteiger partial charge >= 0.3 is 0 Å². The van der Waals surface area contributed by atoms with E-state index < -0.39 is 0 Å². The quantitative estimate of drug-likeness (QED) is 0.439. The summed E-state index contributed by atoms with van der Waals surface area (Å²) in [6, 6.07) is 17.7. The highest BCUT2D eigenvalue weighted by molar-refractivity contribution is 7.09. The second-order valence-corrected chi connectivity index (χ2v) is 8.05. The van der Waals surface area contributed by atoms with Crippen LogP contribution >= 0.6 is 11.3 Å².